The number of carbonyl (C=O) groups excluding carboxylic acids is 1. The lowest BCUT2D eigenvalue weighted by Gasteiger charge is -2.16. The Labute approximate surface area is 163 Å². The molecule has 2 N–H and O–H groups in total. The van der Waals surface area contributed by atoms with Crippen molar-refractivity contribution in [3.8, 4) is 17.6 Å². The quantitative estimate of drug-likeness (QED) is 0.761. The van der Waals surface area contributed by atoms with Crippen molar-refractivity contribution < 1.29 is 19.2 Å². The number of benzene rings is 1. The minimum absolute atomic E-state index is 0.0867. The highest BCUT2D eigenvalue weighted by atomic mass is 32.1. The highest BCUT2D eigenvalue weighted by molar-refractivity contribution is 7.16. The number of ether oxygens (including phenoxy) is 2. The molecule has 1 aromatic heterocycles. The maximum Gasteiger partial charge on any atom is 0.280 e. The van der Waals surface area contributed by atoms with Crippen LogP contribution in [0.25, 0.3) is 0 Å². The van der Waals surface area contributed by atoms with Crippen molar-refractivity contribution in [2.24, 2.45) is 0 Å². The van der Waals surface area contributed by atoms with Crippen LogP contribution in [0, 0.1) is 11.3 Å². The summed E-state index contributed by atoms with van der Waals surface area (Å²) >= 11 is 1.55. The molecule has 1 aliphatic carbocycles. The van der Waals surface area contributed by atoms with Gasteiger partial charge in [0.05, 0.1) is 26.8 Å². The Bertz CT molecular complexity index is 885. The van der Waals surface area contributed by atoms with Crippen LogP contribution in [-0.4, -0.2) is 33.7 Å². The minimum atomic E-state index is -0.0867. The van der Waals surface area contributed by atoms with Gasteiger partial charge in [0.1, 0.15) is 29.1 Å². The van der Waals surface area contributed by atoms with Crippen molar-refractivity contribution in [1.29, 1.82) is 5.26 Å². The number of anilines is 1. The number of nitrogens with zero attached hydrogens (tertiary/aromatic N) is 1. The van der Waals surface area contributed by atoms with Crippen LogP contribution < -0.4 is 19.7 Å². The van der Waals surface area contributed by atoms with E-state index in [9.17, 15) is 10.1 Å². The molecule has 6 nitrogen and oxygen atoms in total. The number of fused-ring (bicyclic) bond motifs is 1. The van der Waals surface area contributed by atoms with Gasteiger partial charge in [-0.25, -0.2) is 0 Å². The molecule has 1 atom stereocenters. The molecule has 0 saturated heterocycles. The number of nitrogens with one attached hydrogen (secondary N) is 2. The molecular formula is C20H24N3O3S+. The Morgan fingerprint density at radius 2 is 2.15 bits per heavy atom. The number of hydrogen-bond donors (Lipinski definition) is 2. The zero-order chi connectivity index (χ0) is 19.4. The molecule has 0 radical (unpaired) electrons. The lowest BCUT2D eigenvalue weighted by molar-refractivity contribution is -0.885. The summed E-state index contributed by atoms with van der Waals surface area (Å²) in [6, 6.07) is 7.94. The lowest BCUT2D eigenvalue weighted by Crippen LogP contribution is -3.08. The molecule has 0 fully saturated rings. The summed E-state index contributed by atoms with van der Waals surface area (Å²) in [6.45, 7) is 0.954. The molecule has 1 amide bonds. The van der Waals surface area contributed by atoms with E-state index in [1.807, 2.05) is 25.2 Å². The van der Waals surface area contributed by atoms with Gasteiger partial charge >= 0.3 is 0 Å². The smallest absolute Gasteiger partial charge is 0.280 e. The second-order valence-corrected chi connectivity index (χ2v) is 7.82. The standard InChI is InChI=1S/C20H23N3O3S/c1-23(11-13-7-8-14(25-2)9-17(13)26-3)12-19(24)22-20-16(10-21)15-5-4-6-18(15)27-20/h7-9H,4-6,11-12H2,1-3H3,(H,22,24)/p+1. The van der Waals surface area contributed by atoms with E-state index in [1.165, 1.54) is 4.88 Å². The van der Waals surface area contributed by atoms with Crippen LogP contribution in [-0.2, 0) is 24.2 Å². The van der Waals surface area contributed by atoms with Gasteiger partial charge in [0, 0.05) is 16.5 Å². The summed E-state index contributed by atoms with van der Waals surface area (Å²) in [5.74, 6) is 1.40. The van der Waals surface area contributed by atoms with Gasteiger partial charge in [-0.1, -0.05) is 0 Å². The summed E-state index contributed by atoms with van der Waals surface area (Å²) in [4.78, 5) is 14.7. The topological polar surface area (TPSA) is 75.8 Å². The van der Waals surface area contributed by atoms with Crippen molar-refractivity contribution in [2.45, 2.75) is 25.8 Å². The number of thiophene rings is 1. The van der Waals surface area contributed by atoms with Gasteiger partial charge in [0.15, 0.2) is 6.54 Å². The van der Waals surface area contributed by atoms with Gasteiger partial charge in [-0.05, 0) is 37.0 Å². The molecule has 1 aromatic carbocycles. The number of hydrogen-bond acceptors (Lipinski definition) is 5. The number of rotatable bonds is 7. The first kappa shape index (κ1) is 19.2. The van der Waals surface area contributed by atoms with Crippen molar-refractivity contribution in [1.82, 2.24) is 0 Å². The van der Waals surface area contributed by atoms with E-state index in [0.717, 1.165) is 46.8 Å². The van der Waals surface area contributed by atoms with E-state index in [2.05, 4.69) is 11.4 Å². The van der Waals surface area contributed by atoms with Crippen LogP contribution in [0.4, 0.5) is 5.00 Å². The Morgan fingerprint density at radius 3 is 2.85 bits per heavy atom. The molecule has 0 saturated carbocycles. The number of carbonyl (C=O) groups is 1. The molecule has 0 bridgehead atoms. The Balaban J connectivity index is 1.63. The lowest BCUT2D eigenvalue weighted by atomic mass is 10.1. The minimum Gasteiger partial charge on any atom is -0.497 e. The molecule has 0 spiro atoms. The number of methoxy groups -OCH3 is 2. The molecule has 3 rings (SSSR count). The summed E-state index contributed by atoms with van der Waals surface area (Å²) in [7, 11) is 5.20. The van der Waals surface area contributed by atoms with Gasteiger partial charge in [0.25, 0.3) is 5.91 Å². The maximum absolute atomic E-state index is 12.5. The van der Waals surface area contributed by atoms with Crippen molar-refractivity contribution in [3.63, 3.8) is 0 Å². The fourth-order valence-corrected chi connectivity index (χ4v) is 4.70. The van der Waals surface area contributed by atoms with Crippen molar-refractivity contribution in [3.05, 3.63) is 39.8 Å². The zero-order valence-electron chi connectivity index (χ0n) is 15.8. The van der Waals surface area contributed by atoms with Gasteiger partial charge in [-0.2, -0.15) is 5.26 Å². The van der Waals surface area contributed by atoms with Crippen molar-refractivity contribution in [2.75, 3.05) is 33.1 Å². The van der Waals surface area contributed by atoms with Crippen LogP contribution >= 0.6 is 11.3 Å². The van der Waals surface area contributed by atoms with E-state index in [4.69, 9.17) is 9.47 Å². The van der Waals surface area contributed by atoms with Gasteiger partial charge in [-0.15, -0.1) is 11.3 Å². The SMILES string of the molecule is COc1ccc(C[NH+](C)CC(=O)Nc2sc3c(c2C#N)CCC3)c(OC)c1. The first-order valence-electron chi connectivity index (χ1n) is 8.92. The van der Waals surface area contributed by atoms with E-state index in [-0.39, 0.29) is 5.91 Å². The zero-order valence-corrected chi connectivity index (χ0v) is 16.7. The van der Waals surface area contributed by atoms with Crippen LogP contribution in [0.2, 0.25) is 0 Å². The maximum atomic E-state index is 12.5. The van der Waals surface area contributed by atoms with Gasteiger partial charge in [0.2, 0.25) is 0 Å². The highest BCUT2D eigenvalue weighted by Crippen LogP contribution is 2.38. The third-order valence-corrected chi connectivity index (χ3v) is 5.94. The van der Waals surface area contributed by atoms with E-state index in [0.29, 0.717) is 23.7 Å². The summed E-state index contributed by atoms with van der Waals surface area (Å²) in [5.41, 5.74) is 2.79. The number of aryl methyl sites for hydroxylation is 1. The molecule has 27 heavy (non-hydrogen) atoms. The predicted molar refractivity (Wildman–Crippen MR) is 105 cm³/mol. The van der Waals surface area contributed by atoms with E-state index < -0.39 is 0 Å². The Morgan fingerprint density at radius 1 is 1.33 bits per heavy atom. The van der Waals surface area contributed by atoms with Crippen molar-refractivity contribution >= 4 is 22.2 Å². The monoisotopic (exact) mass is 386 g/mol. The summed E-state index contributed by atoms with van der Waals surface area (Å²) in [5, 5.41) is 13.1. The Kier molecular flexibility index (Phi) is 5.99. The van der Waals surface area contributed by atoms with Crippen LogP contribution in [0.3, 0.4) is 0 Å². The highest BCUT2D eigenvalue weighted by Gasteiger charge is 2.24. The van der Waals surface area contributed by atoms with Crippen LogP contribution in [0.5, 0.6) is 11.5 Å². The molecule has 1 aliphatic rings. The summed E-state index contributed by atoms with van der Waals surface area (Å²) < 4.78 is 10.6. The van der Waals surface area contributed by atoms with Gasteiger partial charge in [-0.3, -0.25) is 4.79 Å². The second kappa shape index (κ2) is 8.42. The average Bonchev–Trinajstić information content (AvgIpc) is 3.22. The first-order chi connectivity index (χ1) is 13.0. The largest absolute Gasteiger partial charge is 0.497 e. The molecule has 2 aromatic rings. The van der Waals surface area contributed by atoms with Crippen LogP contribution in [0.1, 0.15) is 28.0 Å². The third kappa shape index (κ3) is 4.24. The molecular weight excluding hydrogens is 362 g/mol. The van der Waals surface area contributed by atoms with Gasteiger partial charge < -0.3 is 19.7 Å². The number of nitriles is 1. The van der Waals surface area contributed by atoms with Crippen LogP contribution in [0.15, 0.2) is 18.2 Å². The fraction of sp³-hybridized carbons (Fsp3) is 0.400. The third-order valence-electron chi connectivity index (χ3n) is 4.73. The number of quaternary nitrogens is 1. The fourth-order valence-electron chi connectivity index (χ4n) is 3.44. The van der Waals surface area contributed by atoms with E-state index in [1.54, 1.807) is 25.6 Å². The Hall–Kier alpha value is -2.56. The normalized spacial score (nSPS) is 13.6. The molecule has 7 heteroatoms. The first-order valence-corrected chi connectivity index (χ1v) is 9.74. The predicted octanol–water partition coefficient (Wildman–Crippen LogP) is 1.78. The molecule has 142 valence electrons. The van der Waals surface area contributed by atoms with E-state index >= 15 is 0 Å². The number of likely N-dealkylation sites (N-methyl/N-ethyl adjacent to an activating group) is 1. The molecule has 1 heterocycles. The summed E-state index contributed by atoms with van der Waals surface area (Å²) in [6.07, 6.45) is 3.04. The molecule has 0 aliphatic heterocycles. The number of amides is 1. The second-order valence-electron chi connectivity index (χ2n) is 6.71. The molecule has 1 unspecified atom stereocenters. The average molecular weight is 386 g/mol.